The predicted molar refractivity (Wildman–Crippen MR) is 181 cm³/mol. The van der Waals surface area contributed by atoms with E-state index in [1.54, 1.807) is 0 Å². The van der Waals surface area contributed by atoms with Gasteiger partial charge in [-0.1, -0.05) is 91.9 Å². The third-order valence-corrected chi connectivity index (χ3v) is 9.08. The monoisotopic (exact) mass is 540 g/mol. The van der Waals surface area contributed by atoms with Gasteiger partial charge in [0.1, 0.15) is 0 Å². The summed E-state index contributed by atoms with van der Waals surface area (Å²) in [4.78, 5) is 4.50. The number of aromatic nitrogens is 1. The van der Waals surface area contributed by atoms with Crippen molar-refractivity contribution in [2.45, 2.75) is 33.1 Å². The fourth-order valence-electron chi connectivity index (χ4n) is 7.13. The number of aryl methyl sites for hydroxylation is 1. The Hall–Kier alpha value is -4.95. The highest BCUT2D eigenvalue weighted by Gasteiger charge is 2.16. The molecule has 0 saturated heterocycles. The Balaban J connectivity index is 1.32. The molecule has 0 fully saturated rings. The summed E-state index contributed by atoms with van der Waals surface area (Å²) in [5.41, 5.74) is 10.3. The molecule has 2 heteroatoms. The molecule has 1 aliphatic rings. The van der Waals surface area contributed by atoms with Crippen LogP contribution in [0, 0.1) is 6.92 Å². The highest BCUT2D eigenvalue weighted by Crippen LogP contribution is 2.37. The Morgan fingerprint density at radius 2 is 1.43 bits per heavy atom. The number of para-hydroxylation sites is 2. The van der Waals surface area contributed by atoms with Crippen LogP contribution in [0.5, 0.6) is 0 Å². The molecule has 0 atom stereocenters. The number of allylic oxidation sites excluding steroid dienone is 1. The van der Waals surface area contributed by atoms with Gasteiger partial charge in [0.2, 0.25) is 0 Å². The van der Waals surface area contributed by atoms with Crippen molar-refractivity contribution in [1.29, 1.82) is 0 Å². The van der Waals surface area contributed by atoms with E-state index in [0.29, 0.717) is 0 Å². The average molecular weight is 541 g/mol. The predicted octanol–water partition coefficient (Wildman–Crippen LogP) is 10.1. The number of aliphatic imine (C=N–C) groups is 1. The van der Waals surface area contributed by atoms with E-state index in [-0.39, 0.29) is 0 Å². The van der Waals surface area contributed by atoms with Crippen LogP contribution in [-0.4, -0.2) is 10.8 Å². The van der Waals surface area contributed by atoms with Crippen molar-refractivity contribution in [3.8, 4) is 16.8 Å². The maximum Gasteiger partial charge on any atom is 0.0541 e. The Labute approximate surface area is 245 Å². The van der Waals surface area contributed by atoms with Gasteiger partial charge in [0.25, 0.3) is 0 Å². The molecule has 2 heterocycles. The van der Waals surface area contributed by atoms with Gasteiger partial charge in [0.15, 0.2) is 0 Å². The lowest BCUT2D eigenvalue weighted by Crippen LogP contribution is -2.11. The Bertz CT molecular complexity index is 2220. The van der Waals surface area contributed by atoms with Crippen molar-refractivity contribution in [3.63, 3.8) is 0 Å². The topological polar surface area (TPSA) is 17.3 Å². The zero-order chi connectivity index (χ0) is 28.2. The summed E-state index contributed by atoms with van der Waals surface area (Å²) in [6.07, 6.45) is 7.17. The first-order valence-electron chi connectivity index (χ1n) is 15.0. The van der Waals surface area contributed by atoms with Gasteiger partial charge in [-0.05, 0) is 105 Å². The maximum absolute atomic E-state index is 4.50. The van der Waals surface area contributed by atoms with Gasteiger partial charge < -0.3 is 4.57 Å². The van der Waals surface area contributed by atoms with Gasteiger partial charge >= 0.3 is 0 Å². The van der Waals surface area contributed by atoms with E-state index < -0.39 is 0 Å². The zero-order valence-electron chi connectivity index (χ0n) is 24.1. The van der Waals surface area contributed by atoms with Crippen LogP contribution in [0.25, 0.3) is 65.7 Å². The minimum absolute atomic E-state index is 0.996. The second-order valence-corrected chi connectivity index (χ2v) is 11.4. The van der Waals surface area contributed by atoms with E-state index in [0.717, 1.165) is 19.3 Å². The van der Waals surface area contributed by atoms with E-state index in [4.69, 9.17) is 0 Å². The van der Waals surface area contributed by atoms with Gasteiger partial charge in [0.05, 0.1) is 11.0 Å². The molecule has 7 aromatic rings. The van der Waals surface area contributed by atoms with Gasteiger partial charge in [-0.3, -0.25) is 4.99 Å². The van der Waals surface area contributed by atoms with Crippen molar-refractivity contribution in [3.05, 3.63) is 132 Å². The van der Waals surface area contributed by atoms with Crippen LogP contribution in [0.3, 0.4) is 0 Å². The summed E-state index contributed by atoms with van der Waals surface area (Å²) in [7, 11) is 0. The third kappa shape index (κ3) is 3.75. The minimum atomic E-state index is 0.996. The van der Waals surface area contributed by atoms with Gasteiger partial charge in [-0.25, -0.2) is 0 Å². The molecule has 0 aliphatic carbocycles. The number of hydrogen-bond donors (Lipinski definition) is 0. The first kappa shape index (κ1) is 24.8. The lowest BCUT2D eigenvalue weighted by molar-refractivity contribution is 1.01. The minimum Gasteiger partial charge on any atom is -0.309 e. The fourth-order valence-corrected chi connectivity index (χ4v) is 7.13. The van der Waals surface area contributed by atoms with E-state index in [1.165, 1.54) is 82.1 Å². The molecule has 1 aliphatic heterocycles. The number of nitrogens with zero attached hydrogens (tertiary/aromatic N) is 2. The van der Waals surface area contributed by atoms with Crippen LogP contribution in [0.4, 0.5) is 0 Å². The lowest BCUT2D eigenvalue weighted by Gasteiger charge is -2.17. The summed E-state index contributed by atoms with van der Waals surface area (Å²) in [6, 6.07) is 40.4. The summed E-state index contributed by atoms with van der Waals surface area (Å²) < 4.78 is 2.38. The molecule has 0 saturated carbocycles. The van der Waals surface area contributed by atoms with Crippen molar-refractivity contribution >= 4 is 55.1 Å². The average Bonchev–Trinajstić information content (AvgIpc) is 3.38. The molecule has 1 aromatic heterocycles. The molecule has 0 radical (unpaired) electrons. The van der Waals surface area contributed by atoms with Crippen molar-refractivity contribution in [2.24, 2.45) is 4.99 Å². The molecular weight excluding hydrogens is 508 g/mol. The summed E-state index contributed by atoms with van der Waals surface area (Å²) in [5.74, 6) is 0. The van der Waals surface area contributed by atoms with Gasteiger partial charge in [-0.2, -0.15) is 0 Å². The Morgan fingerprint density at radius 3 is 2.12 bits per heavy atom. The largest absolute Gasteiger partial charge is 0.309 e. The SMILES string of the molecule is CC/C(C1=CN=CCC1)=c1/ccc2ccc(-c3ccc(-n4c5ccccc5c5ccccc54)cc3)c3ccc(C)c1c23. The molecular formula is C40H32N2. The number of hydrogen-bond acceptors (Lipinski definition) is 1. The zero-order valence-corrected chi connectivity index (χ0v) is 24.1. The normalized spacial score (nSPS) is 14.3. The third-order valence-electron chi connectivity index (χ3n) is 9.08. The second kappa shape index (κ2) is 9.85. The molecule has 6 aromatic carbocycles. The van der Waals surface area contributed by atoms with Crippen LogP contribution in [0.15, 0.2) is 126 Å². The molecule has 0 N–H and O–H groups in total. The molecule has 42 heavy (non-hydrogen) atoms. The second-order valence-electron chi connectivity index (χ2n) is 11.4. The highest BCUT2D eigenvalue weighted by molar-refractivity contribution is 6.16. The van der Waals surface area contributed by atoms with Crippen LogP contribution in [-0.2, 0) is 0 Å². The lowest BCUT2D eigenvalue weighted by atomic mass is 9.88. The summed E-state index contributed by atoms with van der Waals surface area (Å²) >= 11 is 0. The van der Waals surface area contributed by atoms with Crippen molar-refractivity contribution < 1.29 is 0 Å². The van der Waals surface area contributed by atoms with Crippen LogP contribution in [0.1, 0.15) is 31.7 Å². The highest BCUT2D eigenvalue weighted by atomic mass is 15.0. The maximum atomic E-state index is 4.50. The number of fused-ring (bicyclic) bond motifs is 3. The van der Waals surface area contributed by atoms with Gasteiger partial charge in [-0.15, -0.1) is 0 Å². The molecule has 202 valence electrons. The molecule has 0 amide bonds. The Morgan fingerprint density at radius 1 is 0.714 bits per heavy atom. The van der Waals surface area contributed by atoms with Crippen LogP contribution < -0.4 is 5.22 Å². The quantitative estimate of drug-likeness (QED) is 0.211. The summed E-state index contributed by atoms with van der Waals surface area (Å²) in [5, 5.41) is 9.28. The molecule has 8 rings (SSSR count). The van der Waals surface area contributed by atoms with E-state index in [2.05, 4.69) is 139 Å². The number of rotatable bonds is 4. The smallest absolute Gasteiger partial charge is 0.0541 e. The Kier molecular flexibility index (Phi) is 5.82. The summed E-state index contributed by atoms with van der Waals surface area (Å²) in [6.45, 7) is 4.53. The van der Waals surface area contributed by atoms with Crippen LogP contribution >= 0.6 is 0 Å². The molecule has 0 spiro atoms. The van der Waals surface area contributed by atoms with Crippen molar-refractivity contribution in [1.82, 2.24) is 4.57 Å². The van der Waals surface area contributed by atoms with Crippen molar-refractivity contribution in [2.75, 3.05) is 0 Å². The first-order valence-corrected chi connectivity index (χ1v) is 15.0. The van der Waals surface area contributed by atoms with E-state index >= 15 is 0 Å². The molecule has 0 unspecified atom stereocenters. The standard InChI is InChI=1S/C40H32N2/c1-3-31(29-9-8-24-41-25-29)35-23-18-28-17-22-32(36-21-14-26(2)39(35)40(28)36)27-15-19-30(20-16-27)42-37-12-6-4-10-33(37)34-11-5-7-13-38(34)42/h4-7,10-25H,3,8-9H2,1-2H3/b35-31+. The van der Waals surface area contributed by atoms with Gasteiger partial charge in [0, 0.05) is 28.9 Å². The molecule has 2 nitrogen and oxygen atoms in total. The van der Waals surface area contributed by atoms with Crippen LogP contribution in [0.2, 0.25) is 0 Å². The first-order chi connectivity index (χ1) is 20.7. The molecule has 0 bridgehead atoms. The van der Waals surface area contributed by atoms with E-state index in [9.17, 15) is 0 Å². The fraction of sp³-hybridized carbons (Fsp3) is 0.125. The number of benzene rings is 6. The van der Waals surface area contributed by atoms with E-state index in [1.807, 2.05) is 6.21 Å².